The van der Waals surface area contributed by atoms with E-state index in [2.05, 4.69) is 4.98 Å². The maximum Gasteiger partial charge on any atom is 0.418 e. The second kappa shape index (κ2) is 10.4. The van der Waals surface area contributed by atoms with Crippen LogP contribution in [-0.4, -0.2) is 27.0 Å². The molecule has 0 saturated carbocycles. The van der Waals surface area contributed by atoms with Gasteiger partial charge in [-0.05, 0) is 23.8 Å². The van der Waals surface area contributed by atoms with Crippen molar-refractivity contribution < 1.29 is 32.4 Å². The van der Waals surface area contributed by atoms with Crippen LogP contribution in [0.15, 0.2) is 82.6 Å². The van der Waals surface area contributed by atoms with E-state index < -0.39 is 56.1 Å². The van der Waals surface area contributed by atoms with Crippen LogP contribution in [0.2, 0.25) is 0 Å². The number of non-ortho nitro benzene ring substituents is 1. The molecule has 0 spiro atoms. The number of rotatable bonds is 6. The zero-order valence-corrected chi connectivity index (χ0v) is 22.8. The van der Waals surface area contributed by atoms with E-state index in [1.165, 1.54) is 24.3 Å². The lowest BCUT2D eigenvalue weighted by molar-refractivity contribution is -0.385. The van der Waals surface area contributed by atoms with Gasteiger partial charge in [0.15, 0.2) is 0 Å². The van der Waals surface area contributed by atoms with Gasteiger partial charge in [0.1, 0.15) is 17.6 Å². The number of hydrogen-bond acceptors (Lipinski definition) is 8. The van der Waals surface area contributed by atoms with Crippen LogP contribution in [0, 0.1) is 16.0 Å². The summed E-state index contributed by atoms with van der Waals surface area (Å²) in [5.74, 6) is -4.00. The van der Waals surface area contributed by atoms with Gasteiger partial charge in [0.05, 0.1) is 27.1 Å². The number of nitrogens with one attached hydrogen (secondary N) is 1. The number of benzene rings is 3. The molecule has 2 aliphatic rings. The molecule has 0 aliphatic carbocycles. The van der Waals surface area contributed by atoms with Crippen molar-refractivity contribution in [2.24, 2.45) is 5.92 Å². The lowest BCUT2D eigenvalue weighted by atomic mass is 9.82. The van der Waals surface area contributed by atoms with Crippen LogP contribution in [0.25, 0.3) is 0 Å². The highest BCUT2D eigenvalue weighted by Gasteiger charge is 2.58. The minimum atomic E-state index is -4.85. The minimum absolute atomic E-state index is 0.0649. The molecule has 9 nitrogen and oxygen atoms in total. The highest BCUT2D eigenvalue weighted by atomic mass is 32.2. The zero-order chi connectivity index (χ0) is 29.8. The summed E-state index contributed by atoms with van der Waals surface area (Å²) in [6.07, 6.45) is -4.85. The molecule has 1 saturated heterocycles. The summed E-state index contributed by atoms with van der Waals surface area (Å²) >= 11 is 1.65. The number of nitro benzene ring substituents is 1. The van der Waals surface area contributed by atoms with Crippen LogP contribution in [-0.2, 0) is 22.4 Å². The lowest BCUT2D eigenvalue weighted by Gasteiger charge is -2.30. The number of aromatic amines is 1. The van der Waals surface area contributed by atoms with Crippen molar-refractivity contribution in [2.75, 3.05) is 4.90 Å². The molecule has 1 aromatic heterocycles. The minimum Gasteiger partial charge on any atom is -0.489 e. The summed E-state index contributed by atoms with van der Waals surface area (Å²) < 4.78 is 47.8. The van der Waals surface area contributed by atoms with Crippen LogP contribution in [0.5, 0.6) is 5.75 Å². The predicted octanol–water partition coefficient (Wildman–Crippen LogP) is 5.74. The Morgan fingerprint density at radius 1 is 0.976 bits per heavy atom. The number of anilines is 1. The van der Waals surface area contributed by atoms with Gasteiger partial charge >= 0.3 is 11.0 Å². The number of ether oxygens (including phenoxy) is 1. The molecular weight excluding hydrogens is 595 g/mol. The number of carbonyl (C=O) groups excluding carboxylic acids is 2. The fourth-order valence-electron chi connectivity index (χ4n) is 5.26. The maximum atomic E-state index is 14.0. The average molecular weight is 614 g/mol. The Bertz CT molecular complexity index is 1790. The second-order valence-corrected chi connectivity index (χ2v) is 11.7. The third-order valence-electron chi connectivity index (χ3n) is 7.05. The Kier molecular flexibility index (Phi) is 6.89. The Morgan fingerprint density at radius 3 is 2.40 bits per heavy atom. The maximum absolute atomic E-state index is 14.0. The first-order valence-electron chi connectivity index (χ1n) is 12.4. The predicted molar refractivity (Wildman–Crippen MR) is 148 cm³/mol. The van der Waals surface area contributed by atoms with Crippen LogP contribution < -0.4 is 14.5 Å². The normalized spacial score (nSPS) is 19.9. The SMILES string of the molecule is O=C1C2Sc3[nH]c(=O)sc3C(c3cc([N+](=O)[O-])ccc3OCc3ccccc3)C2C(=O)N1c1ccccc1C(F)(F)F. The molecule has 1 N–H and O–H groups in total. The van der Waals surface area contributed by atoms with E-state index in [1.54, 1.807) is 12.1 Å². The van der Waals surface area contributed by atoms with Gasteiger partial charge in [-0.2, -0.15) is 13.2 Å². The molecule has 2 aliphatic heterocycles. The van der Waals surface area contributed by atoms with Crippen molar-refractivity contribution >= 4 is 46.3 Å². The van der Waals surface area contributed by atoms with Crippen LogP contribution in [0.1, 0.15) is 27.5 Å². The van der Waals surface area contributed by atoms with Crippen molar-refractivity contribution in [2.45, 2.75) is 29.0 Å². The van der Waals surface area contributed by atoms with E-state index in [1.807, 2.05) is 18.2 Å². The number of nitro groups is 1. The standard InChI is InChI=1S/C28H18F3N3O6S2/c29-28(30,31)17-8-4-5-9-18(17)33-25(35)21-20(22-24(32-27(37)42-22)41-23(21)26(33)36)16-12-15(34(38)39)10-11-19(16)40-13-14-6-2-1-3-7-14/h1-12,20-21,23H,13H2,(H,32,37). The molecule has 3 heterocycles. The number of alkyl halides is 3. The second-order valence-electron chi connectivity index (χ2n) is 9.53. The molecule has 6 rings (SSSR count). The molecule has 42 heavy (non-hydrogen) atoms. The molecule has 3 aromatic carbocycles. The first kappa shape index (κ1) is 27.7. The zero-order valence-electron chi connectivity index (χ0n) is 21.2. The quantitative estimate of drug-likeness (QED) is 0.167. The van der Waals surface area contributed by atoms with Gasteiger partial charge in [0.2, 0.25) is 11.8 Å². The monoisotopic (exact) mass is 613 g/mol. The number of fused-ring (bicyclic) bond motifs is 2. The molecular formula is C28H18F3N3O6S2. The molecule has 2 amide bonds. The molecule has 1 fully saturated rings. The number of carbonyl (C=O) groups is 2. The molecule has 214 valence electrons. The third-order valence-corrected chi connectivity index (χ3v) is 9.45. The number of nitrogens with zero attached hydrogens (tertiary/aromatic N) is 2. The van der Waals surface area contributed by atoms with Crippen LogP contribution in [0.4, 0.5) is 24.5 Å². The molecule has 14 heteroatoms. The number of amides is 2. The topological polar surface area (TPSA) is 123 Å². The average Bonchev–Trinajstić information content (AvgIpc) is 3.45. The number of halogens is 3. The van der Waals surface area contributed by atoms with Gasteiger partial charge < -0.3 is 9.72 Å². The number of aromatic nitrogens is 1. The van der Waals surface area contributed by atoms with Crippen LogP contribution >= 0.6 is 23.1 Å². The lowest BCUT2D eigenvalue weighted by Crippen LogP contribution is -2.33. The first-order chi connectivity index (χ1) is 20.0. The Morgan fingerprint density at radius 2 is 1.69 bits per heavy atom. The largest absolute Gasteiger partial charge is 0.489 e. The van der Waals surface area contributed by atoms with Gasteiger partial charge in [0, 0.05) is 28.5 Å². The Labute approximate surface area is 243 Å². The summed E-state index contributed by atoms with van der Waals surface area (Å²) in [6, 6.07) is 17.2. The number of para-hydroxylation sites is 1. The van der Waals surface area contributed by atoms with Crippen molar-refractivity contribution in [1.82, 2.24) is 4.98 Å². The highest BCUT2D eigenvalue weighted by molar-refractivity contribution is 8.00. The third kappa shape index (κ3) is 4.75. The van der Waals surface area contributed by atoms with Gasteiger partial charge in [0.25, 0.3) is 5.69 Å². The van der Waals surface area contributed by atoms with Crippen molar-refractivity contribution in [1.29, 1.82) is 0 Å². The van der Waals surface area contributed by atoms with Gasteiger partial charge in [-0.15, -0.1) is 0 Å². The Hall–Kier alpha value is -4.43. The summed E-state index contributed by atoms with van der Waals surface area (Å²) in [4.78, 5) is 54.3. The van der Waals surface area contributed by atoms with Crippen molar-refractivity contribution in [3.63, 3.8) is 0 Å². The number of hydrogen-bond donors (Lipinski definition) is 1. The van der Waals surface area contributed by atoms with Gasteiger partial charge in [-0.1, -0.05) is 65.6 Å². The van der Waals surface area contributed by atoms with E-state index in [4.69, 9.17) is 4.74 Å². The first-order valence-corrected chi connectivity index (χ1v) is 14.1. The number of H-pyrrole nitrogens is 1. The number of thiazole rings is 1. The summed E-state index contributed by atoms with van der Waals surface area (Å²) in [7, 11) is 0. The smallest absolute Gasteiger partial charge is 0.418 e. The Balaban J connectivity index is 1.50. The van der Waals surface area contributed by atoms with Gasteiger partial charge in [-0.25, -0.2) is 4.90 Å². The van der Waals surface area contributed by atoms with Crippen molar-refractivity contribution in [3.05, 3.63) is 114 Å². The fourth-order valence-corrected chi connectivity index (χ4v) is 7.76. The van der Waals surface area contributed by atoms with E-state index in [0.717, 1.165) is 46.9 Å². The van der Waals surface area contributed by atoms with Crippen LogP contribution in [0.3, 0.4) is 0 Å². The fraction of sp³-hybridized carbons (Fsp3) is 0.179. The molecule has 3 unspecified atom stereocenters. The number of imide groups is 1. The highest BCUT2D eigenvalue weighted by Crippen LogP contribution is 2.55. The van der Waals surface area contributed by atoms with E-state index in [9.17, 15) is 37.7 Å². The molecule has 0 radical (unpaired) electrons. The summed E-state index contributed by atoms with van der Waals surface area (Å²) in [5.41, 5.74) is -1.14. The molecule has 4 aromatic rings. The van der Waals surface area contributed by atoms with E-state index in [-0.39, 0.29) is 28.6 Å². The molecule has 3 atom stereocenters. The summed E-state index contributed by atoms with van der Waals surface area (Å²) in [6.45, 7) is 0.0649. The van der Waals surface area contributed by atoms with Gasteiger partial charge in [-0.3, -0.25) is 24.5 Å². The van der Waals surface area contributed by atoms with E-state index in [0.29, 0.717) is 9.78 Å². The number of thioether (sulfide) groups is 1. The van der Waals surface area contributed by atoms with Crippen molar-refractivity contribution in [3.8, 4) is 5.75 Å². The molecule has 0 bridgehead atoms. The summed E-state index contributed by atoms with van der Waals surface area (Å²) in [5, 5.41) is 10.8. The van der Waals surface area contributed by atoms with E-state index >= 15 is 0 Å².